The van der Waals surface area contributed by atoms with Crippen LogP contribution in [0, 0.1) is 0 Å². The molecule has 0 spiro atoms. The van der Waals surface area contributed by atoms with E-state index in [9.17, 15) is 0 Å². The first-order valence-electron chi connectivity index (χ1n) is 6.96. The molecule has 1 aromatic heterocycles. The van der Waals surface area contributed by atoms with Gasteiger partial charge in [0.25, 0.3) is 0 Å². The Kier molecular flexibility index (Phi) is 5.89. The quantitative estimate of drug-likeness (QED) is 0.786. The van der Waals surface area contributed by atoms with E-state index >= 15 is 0 Å². The monoisotopic (exact) mass is 309 g/mol. The summed E-state index contributed by atoms with van der Waals surface area (Å²) in [6.07, 6.45) is 1.00. The van der Waals surface area contributed by atoms with Crippen LogP contribution in [0.25, 0.3) is 0 Å². The highest BCUT2D eigenvalue weighted by Gasteiger charge is 2.18. The van der Waals surface area contributed by atoms with Gasteiger partial charge in [-0.05, 0) is 31.2 Å². The Morgan fingerprint density at radius 2 is 2.00 bits per heavy atom. The van der Waals surface area contributed by atoms with Gasteiger partial charge in [0, 0.05) is 10.4 Å². The Balaban J connectivity index is 2.33. The zero-order valence-electron chi connectivity index (χ0n) is 11.9. The van der Waals surface area contributed by atoms with Gasteiger partial charge in [0.1, 0.15) is 5.75 Å². The molecule has 20 heavy (non-hydrogen) atoms. The minimum atomic E-state index is 0.130. The lowest BCUT2D eigenvalue weighted by molar-refractivity contribution is 0.312. The van der Waals surface area contributed by atoms with E-state index in [1.807, 2.05) is 24.3 Å². The Morgan fingerprint density at radius 3 is 2.65 bits per heavy atom. The molecule has 0 amide bonds. The molecule has 2 aromatic rings. The highest BCUT2D eigenvalue weighted by Crippen LogP contribution is 2.35. The van der Waals surface area contributed by atoms with Crippen LogP contribution in [-0.4, -0.2) is 13.2 Å². The molecule has 0 radical (unpaired) electrons. The number of halogens is 1. The van der Waals surface area contributed by atoms with E-state index in [2.05, 4.69) is 31.3 Å². The Morgan fingerprint density at radius 1 is 1.20 bits per heavy atom. The van der Waals surface area contributed by atoms with Gasteiger partial charge in [-0.2, -0.15) is 0 Å². The third-order valence-corrected chi connectivity index (χ3v) is 4.27. The van der Waals surface area contributed by atoms with Crippen LogP contribution in [0.15, 0.2) is 36.4 Å². The van der Waals surface area contributed by atoms with Gasteiger partial charge in [0.2, 0.25) is 0 Å². The second-order valence-electron chi connectivity index (χ2n) is 4.52. The fraction of sp³-hybridized carbons (Fsp3) is 0.375. The van der Waals surface area contributed by atoms with Crippen molar-refractivity contribution >= 4 is 22.9 Å². The van der Waals surface area contributed by atoms with Crippen LogP contribution in [0.3, 0.4) is 0 Å². The summed E-state index contributed by atoms with van der Waals surface area (Å²) in [6.45, 7) is 5.85. The van der Waals surface area contributed by atoms with Crippen LogP contribution in [-0.2, 0) is 0 Å². The van der Waals surface area contributed by atoms with Crippen molar-refractivity contribution in [1.29, 1.82) is 0 Å². The molecule has 0 saturated heterocycles. The Hall–Kier alpha value is -1.03. The molecule has 2 rings (SSSR count). The topological polar surface area (TPSA) is 21.3 Å². The summed E-state index contributed by atoms with van der Waals surface area (Å²) < 4.78 is 6.69. The molecule has 1 aromatic carbocycles. The number of hydrogen-bond donors (Lipinski definition) is 1. The first-order valence-corrected chi connectivity index (χ1v) is 8.16. The van der Waals surface area contributed by atoms with E-state index in [0.29, 0.717) is 0 Å². The molecule has 1 atom stereocenters. The maximum atomic E-state index is 6.07. The standard InChI is InChI=1S/C16H20ClNOS/c1-3-11-19-13-8-6-5-7-12(13)16(18-4-2)14-9-10-15(17)20-14/h5-10,16,18H,3-4,11H2,1-2H3. The average molecular weight is 310 g/mol. The van der Waals surface area contributed by atoms with Crippen LogP contribution in [0.2, 0.25) is 4.34 Å². The maximum absolute atomic E-state index is 6.07. The smallest absolute Gasteiger partial charge is 0.124 e. The van der Waals surface area contributed by atoms with Crippen molar-refractivity contribution in [3.63, 3.8) is 0 Å². The van der Waals surface area contributed by atoms with Crippen LogP contribution < -0.4 is 10.1 Å². The van der Waals surface area contributed by atoms with E-state index in [-0.39, 0.29) is 6.04 Å². The predicted molar refractivity (Wildman–Crippen MR) is 87.1 cm³/mol. The molecule has 1 heterocycles. The van der Waals surface area contributed by atoms with Crippen LogP contribution >= 0.6 is 22.9 Å². The minimum Gasteiger partial charge on any atom is -0.493 e. The fourth-order valence-electron chi connectivity index (χ4n) is 2.11. The molecular formula is C16H20ClNOS. The van der Waals surface area contributed by atoms with Gasteiger partial charge in [-0.15, -0.1) is 11.3 Å². The first-order chi connectivity index (χ1) is 9.76. The molecule has 4 heteroatoms. The van der Waals surface area contributed by atoms with Crippen molar-refractivity contribution in [2.45, 2.75) is 26.3 Å². The predicted octanol–water partition coefficient (Wildman–Crippen LogP) is 4.89. The van der Waals surface area contributed by atoms with Crippen LogP contribution in [0.4, 0.5) is 0 Å². The Labute approximate surface area is 129 Å². The third kappa shape index (κ3) is 3.75. The normalized spacial score (nSPS) is 12.3. The van der Waals surface area contributed by atoms with Gasteiger partial charge >= 0.3 is 0 Å². The number of ether oxygens (including phenoxy) is 1. The zero-order chi connectivity index (χ0) is 14.4. The Bertz CT molecular complexity index is 541. The zero-order valence-corrected chi connectivity index (χ0v) is 13.4. The van der Waals surface area contributed by atoms with E-state index in [4.69, 9.17) is 16.3 Å². The molecule has 108 valence electrons. The largest absolute Gasteiger partial charge is 0.493 e. The number of thiophene rings is 1. The lowest BCUT2D eigenvalue weighted by Crippen LogP contribution is -2.21. The van der Waals surface area contributed by atoms with Crippen molar-refractivity contribution in [3.8, 4) is 5.75 Å². The fourth-order valence-corrected chi connectivity index (χ4v) is 3.27. The molecule has 1 unspecified atom stereocenters. The van der Waals surface area contributed by atoms with Gasteiger partial charge < -0.3 is 10.1 Å². The van der Waals surface area contributed by atoms with E-state index in [1.165, 1.54) is 10.4 Å². The lowest BCUT2D eigenvalue weighted by atomic mass is 10.0. The van der Waals surface area contributed by atoms with E-state index in [0.717, 1.165) is 29.7 Å². The molecule has 1 N–H and O–H groups in total. The SMILES string of the molecule is CCCOc1ccccc1C(NCC)c1ccc(Cl)s1. The number of para-hydroxylation sites is 1. The summed E-state index contributed by atoms with van der Waals surface area (Å²) in [5.74, 6) is 0.949. The molecule has 0 bridgehead atoms. The number of nitrogens with one attached hydrogen (secondary N) is 1. The van der Waals surface area contributed by atoms with Gasteiger partial charge in [-0.1, -0.05) is 43.6 Å². The maximum Gasteiger partial charge on any atom is 0.124 e. The third-order valence-electron chi connectivity index (χ3n) is 2.98. The minimum absolute atomic E-state index is 0.130. The van der Waals surface area contributed by atoms with E-state index < -0.39 is 0 Å². The number of hydrogen-bond acceptors (Lipinski definition) is 3. The molecule has 0 aliphatic rings. The lowest BCUT2D eigenvalue weighted by Gasteiger charge is -2.20. The highest BCUT2D eigenvalue weighted by molar-refractivity contribution is 7.16. The van der Waals surface area contributed by atoms with Crippen molar-refractivity contribution < 1.29 is 4.74 Å². The molecule has 0 saturated carbocycles. The van der Waals surface area contributed by atoms with Crippen molar-refractivity contribution in [3.05, 3.63) is 51.2 Å². The van der Waals surface area contributed by atoms with Gasteiger partial charge in [0.15, 0.2) is 0 Å². The van der Waals surface area contributed by atoms with Gasteiger partial charge in [-0.25, -0.2) is 0 Å². The molecule has 0 fully saturated rings. The van der Waals surface area contributed by atoms with Crippen LogP contribution in [0.1, 0.15) is 36.8 Å². The number of benzene rings is 1. The molecule has 2 nitrogen and oxygen atoms in total. The first kappa shape index (κ1) is 15.4. The molecule has 0 aliphatic carbocycles. The van der Waals surface area contributed by atoms with Crippen molar-refractivity contribution in [2.24, 2.45) is 0 Å². The van der Waals surface area contributed by atoms with Crippen molar-refractivity contribution in [2.75, 3.05) is 13.2 Å². The van der Waals surface area contributed by atoms with Gasteiger partial charge in [-0.3, -0.25) is 0 Å². The van der Waals surface area contributed by atoms with Gasteiger partial charge in [0.05, 0.1) is 17.0 Å². The highest BCUT2D eigenvalue weighted by atomic mass is 35.5. The summed E-state index contributed by atoms with van der Waals surface area (Å²) in [6, 6.07) is 12.4. The average Bonchev–Trinajstić information content (AvgIpc) is 2.89. The summed E-state index contributed by atoms with van der Waals surface area (Å²) >= 11 is 7.69. The second-order valence-corrected chi connectivity index (χ2v) is 6.27. The molecule has 0 aliphatic heterocycles. The molecular weight excluding hydrogens is 290 g/mol. The summed E-state index contributed by atoms with van der Waals surface area (Å²) in [7, 11) is 0. The summed E-state index contributed by atoms with van der Waals surface area (Å²) in [5, 5.41) is 3.52. The summed E-state index contributed by atoms with van der Waals surface area (Å²) in [4.78, 5) is 1.21. The summed E-state index contributed by atoms with van der Waals surface area (Å²) in [5.41, 5.74) is 1.17. The van der Waals surface area contributed by atoms with E-state index in [1.54, 1.807) is 11.3 Å². The van der Waals surface area contributed by atoms with Crippen LogP contribution in [0.5, 0.6) is 5.75 Å². The number of rotatable bonds is 7. The second kappa shape index (κ2) is 7.67. The van der Waals surface area contributed by atoms with Crippen molar-refractivity contribution in [1.82, 2.24) is 5.32 Å².